The number of hydrogen-bond acceptors (Lipinski definition) is 4. The van der Waals surface area contributed by atoms with Gasteiger partial charge in [-0.05, 0) is 37.7 Å². The Balaban J connectivity index is 2.07. The van der Waals surface area contributed by atoms with Crippen molar-refractivity contribution >= 4 is 17.2 Å². The molecule has 0 aliphatic rings. The number of carbonyl (C=O) groups is 1. The summed E-state index contributed by atoms with van der Waals surface area (Å²) >= 11 is 1.60. The average molecular weight is 340 g/mol. The van der Waals surface area contributed by atoms with Crippen molar-refractivity contribution in [3.8, 4) is 5.75 Å². The lowest BCUT2D eigenvalue weighted by molar-refractivity contribution is -0.0501. The van der Waals surface area contributed by atoms with E-state index in [1.54, 1.807) is 23.5 Å². The van der Waals surface area contributed by atoms with E-state index in [0.29, 0.717) is 6.54 Å². The van der Waals surface area contributed by atoms with Gasteiger partial charge in [-0.25, -0.2) is 0 Å². The number of para-hydroxylation sites is 1. The van der Waals surface area contributed by atoms with E-state index in [-0.39, 0.29) is 17.4 Å². The van der Waals surface area contributed by atoms with E-state index in [9.17, 15) is 13.6 Å². The van der Waals surface area contributed by atoms with Crippen LogP contribution in [0.1, 0.15) is 21.3 Å². The van der Waals surface area contributed by atoms with Gasteiger partial charge in [0.25, 0.3) is 5.91 Å². The summed E-state index contributed by atoms with van der Waals surface area (Å²) in [5, 5.41) is 4.76. The smallest absolute Gasteiger partial charge is 0.387 e. The Morgan fingerprint density at radius 2 is 2.00 bits per heavy atom. The Kier molecular flexibility index (Phi) is 6.06. The molecule has 7 heteroatoms. The summed E-state index contributed by atoms with van der Waals surface area (Å²) in [5.41, 5.74) is 0.0940. The van der Waals surface area contributed by atoms with Crippen LogP contribution in [-0.4, -0.2) is 38.1 Å². The lowest BCUT2D eigenvalue weighted by Gasteiger charge is -2.23. The first-order chi connectivity index (χ1) is 11.0. The van der Waals surface area contributed by atoms with Gasteiger partial charge in [0.05, 0.1) is 11.6 Å². The fourth-order valence-corrected chi connectivity index (χ4v) is 3.08. The van der Waals surface area contributed by atoms with Crippen LogP contribution in [0, 0.1) is 0 Å². The number of alkyl halides is 2. The number of likely N-dealkylation sites (N-methyl/N-ethyl adjacent to an activating group) is 1. The first-order valence-corrected chi connectivity index (χ1v) is 7.89. The Morgan fingerprint density at radius 1 is 1.26 bits per heavy atom. The Labute approximate surface area is 137 Å². The quantitative estimate of drug-likeness (QED) is 0.840. The van der Waals surface area contributed by atoms with Gasteiger partial charge in [-0.3, -0.25) is 4.79 Å². The molecule has 1 amide bonds. The van der Waals surface area contributed by atoms with Crippen LogP contribution >= 0.6 is 11.3 Å². The summed E-state index contributed by atoms with van der Waals surface area (Å²) in [4.78, 5) is 15.4. The molecule has 2 rings (SSSR count). The highest BCUT2D eigenvalue weighted by molar-refractivity contribution is 7.10. The van der Waals surface area contributed by atoms with Gasteiger partial charge in [0, 0.05) is 11.4 Å². The van der Waals surface area contributed by atoms with E-state index in [1.165, 1.54) is 12.1 Å². The van der Waals surface area contributed by atoms with Crippen LogP contribution < -0.4 is 10.1 Å². The van der Waals surface area contributed by atoms with Gasteiger partial charge in [0.1, 0.15) is 5.75 Å². The van der Waals surface area contributed by atoms with E-state index in [0.717, 1.165) is 4.88 Å². The van der Waals surface area contributed by atoms with Gasteiger partial charge in [0.2, 0.25) is 0 Å². The second-order valence-corrected chi connectivity index (χ2v) is 6.06. The monoisotopic (exact) mass is 340 g/mol. The fourth-order valence-electron chi connectivity index (χ4n) is 2.16. The molecule has 4 nitrogen and oxygen atoms in total. The number of hydrogen-bond donors (Lipinski definition) is 1. The molecule has 0 aliphatic heterocycles. The van der Waals surface area contributed by atoms with Gasteiger partial charge in [-0.1, -0.05) is 18.2 Å². The standard InChI is InChI=1S/C16H18F2N2O2S/c1-20(2)12(14-8-5-9-23-14)10-19-15(21)11-6-3-4-7-13(11)22-16(17)18/h3-9,12,16H,10H2,1-2H3,(H,19,21). The molecule has 0 aliphatic carbocycles. The molecule has 0 saturated carbocycles. The van der Waals surface area contributed by atoms with Crippen molar-refractivity contribution in [3.05, 3.63) is 52.2 Å². The van der Waals surface area contributed by atoms with Crippen molar-refractivity contribution in [3.63, 3.8) is 0 Å². The third-order valence-electron chi connectivity index (χ3n) is 3.30. The highest BCUT2D eigenvalue weighted by Crippen LogP contribution is 2.23. The molecular weight excluding hydrogens is 322 g/mol. The molecule has 124 valence electrons. The molecule has 0 saturated heterocycles. The summed E-state index contributed by atoms with van der Waals surface area (Å²) in [5.74, 6) is -0.567. The molecule has 1 aromatic carbocycles. The van der Waals surface area contributed by atoms with Crippen molar-refractivity contribution in [1.82, 2.24) is 10.2 Å². The van der Waals surface area contributed by atoms with Crippen molar-refractivity contribution in [2.24, 2.45) is 0 Å². The summed E-state index contributed by atoms with van der Waals surface area (Å²) in [7, 11) is 3.84. The highest BCUT2D eigenvalue weighted by Gasteiger charge is 2.19. The zero-order chi connectivity index (χ0) is 16.8. The Hall–Kier alpha value is -1.99. The number of nitrogens with one attached hydrogen (secondary N) is 1. The van der Waals surface area contributed by atoms with Crippen LogP contribution in [0.2, 0.25) is 0 Å². The van der Waals surface area contributed by atoms with E-state index in [1.807, 2.05) is 36.5 Å². The summed E-state index contributed by atoms with van der Waals surface area (Å²) in [6, 6.07) is 9.92. The van der Waals surface area contributed by atoms with Crippen molar-refractivity contribution < 1.29 is 18.3 Å². The van der Waals surface area contributed by atoms with E-state index >= 15 is 0 Å². The van der Waals surface area contributed by atoms with E-state index in [4.69, 9.17) is 0 Å². The van der Waals surface area contributed by atoms with Crippen LogP contribution in [0.5, 0.6) is 5.75 Å². The van der Waals surface area contributed by atoms with Crippen LogP contribution in [-0.2, 0) is 0 Å². The third kappa shape index (κ3) is 4.74. The maximum absolute atomic E-state index is 12.4. The molecule has 1 aromatic heterocycles. The summed E-state index contributed by atoms with van der Waals surface area (Å²) in [6.45, 7) is -2.60. The van der Waals surface area contributed by atoms with Crippen molar-refractivity contribution in [2.45, 2.75) is 12.7 Å². The molecule has 0 radical (unpaired) electrons. The van der Waals surface area contributed by atoms with E-state index in [2.05, 4.69) is 10.1 Å². The number of carbonyl (C=O) groups excluding carboxylic acids is 1. The largest absolute Gasteiger partial charge is 0.434 e. The zero-order valence-electron chi connectivity index (χ0n) is 12.8. The van der Waals surface area contributed by atoms with Crippen LogP contribution in [0.15, 0.2) is 41.8 Å². The van der Waals surface area contributed by atoms with Gasteiger partial charge < -0.3 is 15.0 Å². The molecule has 1 N–H and O–H groups in total. The molecule has 0 bridgehead atoms. The molecule has 2 aromatic rings. The molecule has 1 atom stereocenters. The summed E-state index contributed by atoms with van der Waals surface area (Å²) < 4.78 is 29.2. The van der Waals surface area contributed by atoms with Crippen molar-refractivity contribution in [2.75, 3.05) is 20.6 Å². The van der Waals surface area contributed by atoms with Crippen LogP contribution in [0.3, 0.4) is 0 Å². The third-order valence-corrected chi connectivity index (χ3v) is 4.27. The number of amides is 1. The Bertz CT molecular complexity index is 633. The predicted molar refractivity (Wildman–Crippen MR) is 86.2 cm³/mol. The number of nitrogens with zero attached hydrogens (tertiary/aromatic N) is 1. The van der Waals surface area contributed by atoms with Gasteiger partial charge in [-0.2, -0.15) is 8.78 Å². The first-order valence-electron chi connectivity index (χ1n) is 7.01. The normalized spacial score (nSPS) is 12.4. The molecule has 1 heterocycles. The molecule has 1 unspecified atom stereocenters. The van der Waals surface area contributed by atoms with Gasteiger partial charge in [-0.15, -0.1) is 11.3 Å². The zero-order valence-corrected chi connectivity index (χ0v) is 13.6. The fraction of sp³-hybridized carbons (Fsp3) is 0.312. The topological polar surface area (TPSA) is 41.6 Å². The first kappa shape index (κ1) is 17.4. The number of benzene rings is 1. The van der Waals surface area contributed by atoms with E-state index < -0.39 is 12.5 Å². The maximum Gasteiger partial charge on any atom is 0.387 e. The van der Waals surface area contributed by atoms with Gasteiger partial charge >= 0.3 is 6.61 Å². The second-order valence-electron chi connectivity index (χ2n) is 5.08. The number of thiophene rings is 1. The van der Waals surface area contributed by atoms with Crippen LogP contribution in [0.25, 0.3) is 0 Å². The molecular formula is C16H18F2N2O2S. The van der Waals surface area contributed by atoms with Gasteiger partial charge in [0.15, 0.2) is 0 Å². The number of ether oxygens (including phenoxy) is 1. The number of rotatable bonds is 7. The SMILES string of the molecule is CN(C)C(CNC(=O)c1ccccc1OC(F)F)c1cccs1. The minimum absolute atomic E-state index is 0.0159. The second kappa shape index (κ2) is 8.03. The lowest BCUT2D eigenvalue weighted by atomic mass is 10.1. The Morgan fingerprint density at radius 3 is 2.61 bits per heavy atom. The number of halogens is 2. The van der Waals surface area contributed by atoms with Crippen molar-refractivity contribution in [1.29, 1.82) is 0 Å². The molecule has 0 fully saturated rings. The lowest BCUT2D eigenvalue weighted by Crippen LogP contribution is -2.34. The highest BCUT2D eigenvalue weighted by atomic mass is 32.1. The predicted octanol–water partition coefficient (Wildman–Crippen LogP) is 3.38. The maximum atomic E-state index is 12.4. The van der Waals surface area contributed by atoms with Crippen LogP contribution in [0.4, 0.5) is 8.78 Å². The summed E-state index contributed by atoms with van der Waals surface area (Å²) in [6.07, 6.45) is 0. The minimum atomic E-state index is -2.97. The molecule has 0 spiro atoms. The minimum Gasteiger partial charge on any atom is -0.434 e. The average Bonchev–Trinajstić information content (AvgIpc) is 3.01. The molecule has 23 heavy (non-hydrogen) atoms.